The summed E-state index contributed by atoms with van der Waals surface area (Å²) in [6.07, 6.45) is 0. The summed E-state index contributed by atoms with van der Waals surface area (Å²) in [4.78, 5) is 0. The minimum Gasteiger partial charge on any atom is -0.496 e. The van der Waals surface area contributed by atoms with Gasteiger partial charge in [0, 0.05) is 11.1 Å². The highest BCUT2D eigenvalue weighted by molar-refractivity contribution is 5.49. The van der Waals surface area contributed by atoms with Gasteiger partial charge < -0.3 is 14.5 Å². The third kappa shape index (κ3) is 2.59. The molecule has 3 heteroatoms. The number of rotatable bonds is 4. The Morgan fingerprint density at radius 2 is 1.80 bits per heavy atom. The Kier molecular flexibility index (Phi) is 4.19. The lowest BCUT2D eigenvalue weighted by molar-refractivity contribution is 0.404. The Morgan fingerprint density at radius 1 is 1.10 bits per heavy atom. The molecule has 1 unspecified atom stereocenters. The zero-order valence-corrected chi connectivity index (χ0v) is 13.1. The molecule has 0 amide bonds. The molecule has 0 spiro atoms. The largest absolute Gasteiger partial charge is 0.496 e. The van der Waals surface area contributed by atoms with Gasteiger partial charge in [0.2, 0.25) is 0 Å². The number of hydrogen-bond donors (Lipinski definition) is 1. The molecule has 1 aromatic carbocycles. The molecule has 108 valence electrons. The van der Waals surface area contributed by atoms with E-state index in [0.717, 1.165) is 22.8 Å². The predicted octanol–water partition coefficient (Wildman–Crippen LogP) is 3.83. The molecule has 1 atom stereocenters. The Labute approximate surface area is 121 Å². The second kappa shape index (κ2) is 5.71. The first-order valence-corrected chi connectivity index (χ1v) is 6.87. The van der Waals surface area contributed by atoms with E-state index in [0.29, 0.717) is 0 Å². The molecule has 0 aliphatic heterocycles. The molecule has 2 aromatic rings. The van der Waals surface area contributed by atoms with E-state index in [1.807, 2.05) is 20.9 Å². The number of ether oxygens (including phenoxy) is 1. The van der Waals surface area contributed by atoms with Crippen molar-refractivity contribution >= 4 is 0 Å². The van der Waals surface area contributed by atoms with Crippen LogP contribution in [-0.2, 0) is 0 Å². The third-order valence-corrected chi connectivity index (χ3v) is 3.68. The minimum atomic E-state index is 0.0722. The van der Waals surface area contributed by atoms with E-state index in [2.05, 4.69) is 37.4 Å². The fourth-order valence-corrected chi connectivity index (χ4v) is 2.87. The van der Waals surface area contributed by atoms with E-state index >= 15 is 0 Å². The molecule has 1 heterocycles. The standard InChI is InChI=1S/C17H23NO2/c1-10-7-11(2)16(15(8-10)19-6)17(18-5)14-9-12(3)20-13(14)4/h7-9,17-18H,1-6H3. The summed E-state index contributed by atoms with van der Waals surface area (Å²) in [6.45, 7) is 8.18. The smallest absolute Gasteiger partial charge is 0.124 e. The van der Waals surface area contributed by atoms with E-state index in [9.17, 15) is 0 Å². The zero-order valence-electron chi connectivity index (χ0n) is 13.1. The van der Waals surface area contributed by atoms with Crippen LogP contribution < -0.4 is 10.1 Å². The first-order valence-electron chi connectivity index (χ1n) is 6.87. The van der Waals surface area contributed by atoms with Crippen molar-refractivity contribution in [2.24, 2.45) is 0 Å². The second-order valence-electron chi connectivity index (χ2n) is 5.29. The topological polar surface area (TPSA) is 34.4 Å². The molecule has 0 aliphatic rings. The van der Waals surface area contributed by atoms with Crippen molar-refractivity contribution in [2.75, 3.05) is 14.2 Å². The Bertz CT molecular complexity index is 614. The normalized spacial score (nSPS) is 12.5. The number of nitrogens with one attached hydrogen (secondary N) is 1. The lowest BCUT2D eigenvalue weighted by Gasteiger charge is -2.22. The predicted molar refractivity (Wildman–Crippen MR) is 81.6 cm³/mol. The number of hydrogen-bond acceptors (Lipinski definition) is 3. The summed E-state index contributed by atoms with van der Waals surface area (Å²) in [5, 5.41) is 3.38. The number of furan rings is 1. The summed E-state index contributed by atoms with van der Waals surface area (Å²) >= 11 is 0. The lowest BCUT2D eigenvalue weighted by atomic mass is 9.93. The molecule has 1 N–H and O–H groups in total. The number of aryl methyl sites for hydroxylation is 4. The third-order valence-electron chi connectivity index (χ3n) is 3.68. The first-order chi connectivity index (χ1) is 9.47. The van der Waals surface area contributed by atoms with E-state index in [-0.39, 0.29) is 6.04 Å². The van der Waals surface area contributed by atoms with Crippen molar-refractivity contribution in [2.45, 2.75) is 33.7 Å². The molecule has 0 bridgehead atoms. The Hall–Kier alpha value is -1.74. The van der Waals surface area contributed by atoms with Crippen LogP contribution in [0, 0.1) is 27.7 Å². The van der Waals surface area contributed by atoms with Crippen LogP contribution in [0.2, 0.25) is 0 Å². The Morgan fingerprint density at radius 3 is 2.30 bits per heavy atom. The van der Waals surface area contributed by atoms with E-state index in [1.54, 1.807) is 7.11 Å². The van der Waals surface area contributed by atoms with Crippen LogP contribution in [0.25, 0.3) is 0 Å². The highest BCUT2D eigenvalue weighted by atomic mass is 16.5. The van der Waals surface area contributed by atoms with Gasteiger partial charge >= 0.3 is 0 Å². The van der Waals surface area contributed by atoms with E-state index in [1.165, 1.54) is 16.7 Å². The van der Waals surface area contributed by atoms with Crippen molar-refractivity contribution < 1.29 is 9.15 Å². The molecular weight excluding hydrogens is 250 g/mol. The molecule has 20 heavy (non-hydrogen) atoms. The van der Waals surface area contributed by atoms with Gasteiger partial charge in [-0.1, -0.05) is 6.07 Å². The van der Waals surface area contributed by atoms with Gasteiger partial charge in [0.25, 0.3) is 0 Å². The van der Waals surface area contributed by atoms with Crippen LogP contribution in [-0.4, -0.2) is 14.2 Å². The van der Waals surface area contributed by atoms with Gasteiger partial charge in [-0.2, -0.15) is 0 Å². The van der Waals surface area contributed by atoms with Crippen LogP contribution in [0.15, 0.2) is 22.6 Å². The summed E-state index contributed by atoms with van der Waals surface area (Å²) < 4.78 is 11.3. The molecule has 0 fully saturated rings. The maximum absolute atomic E-state index is 5.68. The van der Waals surface area contributed by atoms with Crippen molar-refractivity contribution in [3.05, 3.63) is 52.0 Å². The van der Waals surface area contributed by atoms with Gasteiger partial charge in [-0.3, -0.25) is 0 Å². The van der Waals surface area contributed by atoms with Gasteiger partial charge in [-0.15, -0.1) is 0 Å². The SMILES string of the molecule is CNC(c1cc(C)oc1C)c1c(C)cc(C)cc1OC. The Balaban J connectivity index is 2.60. The van der Waals surface area contributed by atoms with Gasteiger partial charge in [0.05, 0.1) is 13.2 Å². The van der Waals surface area contributed by atoms with Crippen molar-refractivity contribution in [3.8, 4) is 5.75 Å². The van der Waals surface area contributed by atoms with Crippen molar-refractivity contribution in [1.29, 1.82) is 0 Å². The van der Waals surface area contributed by atoms with Crippen LogP contribution in [0.1, 0.15) is 39.8 Å². The van der Waals surface area contributed by atoms with E-state index < -0.39 is 0 Å². The van der Waals surface area contributed by atoms with Crippen LogP contribution in [0.3, 0.4) is 0 Å². The summed E-state index contributed by atoms with van der Waals surface area (Å²) in [7, 11) is 3.68. The zero-order chi connectivity index (χ0) is 14.9. The molecule has 0 radical (unpaired) electrons. The maximum atomic E-state index is 5.68. The van der Waals surface area contributed by atoms with Crippen LogP contribution >= 0.6 is 0 Å². The molecule has 3 nitrogen and oxygen atoms in total. The van der Waals surface area contributed by atoms with Crippen LogP contribution in [0.5, 0.6) is 5.75 Å². The summed E-state index contributed by atoms with van der Waals surface area (Å²) in [6, 6.07) is 6.43. The number of benzene rings is 1. The minimum absolute atomic E-state index is 0.0722. The fourth-order valence-electron chi connectivity index (χ4n) is 2.87. The molecular formula is C17H23NO2. The fraction of sp³-hybridized carbons (Fsp3) is 0.412. The van der Waals surface area contributed by atoms with Gasteiger partial charge in [-0.25, -0.2) is 0 Å². The van der Waals surface area contributed by atoms with E-state index in [4.69, 9.17) is 9.15 Å². The lowest BCUT2D eigenvalue weighted by Crippen LogP contribution is -2.20. The molecule has 1 aromatic heterocycles. The highest BCUT2D eigenvalue weighted by Crippen LogP contribution is 2.35. The quantitative estimate of drug-likeness (QED) is 0.919. The van der Waals surface area contributed by atoms with Gasteiger partial charge in [-0.05, 0) is 58.0 Å². The van der Waals surface area contributed by atoms with Crippen molar-refractivity contribution in [1.82, 2.24) is 5.32 Å². The molecule has 0 saturated heterocycles. The summed E-state index contributed by atoms with van der Waals surface area (Å²) in [5.41, 5.74) is 4.76. The average Bonchev–Trinajstić information content (AvgIpc) is 2.71. The van der Waals surface area contributed by atoms with Crippen LogP contribution in [0.4, 0.5) is 0 Å². The van der Waals surface area contributed by atoms with Crippen molar-refractivity contribution in [3.63, 3.8) is 0 Å². The molecule has 2 rings (SSSR count). The molecule has 0 aliphatic carbocycles. The summed E-state index contributed by atoms with van der Waals surface area (Å²) in [5.74, 6) is 2.80. The van der Waals surface area contributed by atoms with Gasteiger partial charge in [0.15, 0.2) is 0 Å². The average molecular weight is 273 g/mol. The highest BCUT2D eigenvalue weighted by Gasteiger charge is 2.23. The van der Waals surface area contributed by atoms with Gasteiger partial charge in [0.1, 0.15) is 17.3 Å². The monoisotopic (exact) mass is 273 g/mol. The number of methoxy groups -OCH3 is 1. The second-order valence-corrected chi connectivity index (χ2v) is 5.29. The maximum Gasteiger partial charge on any atom is 0.124 e. The first kappa shape index (κ1) is 14.7. The molecule has 0 saturated carbocycles.